The maximum atomic E-state index is 13.6. The van der Waals surface area contributed by atoms with Gasteiger partial charge in [-0.3, -0.25) is 5.01 Å². The number of hydrogen-bond acceptors (Lipinski definition) is 4. The van der Waals surface area contributed by atoms with Gasteiger partial charge in [0.25, 0.3) is 10.0 Å². The molecule has 3 rings (SSSR count). The number of halogens is 5. The second-order valence-corrected chi connectivity index (χ2v) is 7.62. The van der Waals surface area contributed by atoms with E-state index in [2.05, 4.69) is 4.83 Å². The fourth-order valence-electron chi connectivity index (χ4n) is 2.19. The van der Waals surface area contributed by atoms with Crippen molar-refractivity contribution in [1.82, 2.24) is 4.83 Å². The van der Waals surface area contributed by atoms with E-state index in [9.17, 15) is 30.4 Å². The van der Waals surface area contributed by atoms with Crippen molar-refractivity contribution in [1.29, 1.82) is 0 Å². The number of sulfonamides is 1. The molecule has 1 aliphatic heterocycles. The molecule has 0 saturated carbocycles. The van der Waals surface area contributed by atoms with E-state index in [1.807, 2.05) is 0 Å². The summed E-state index contributed by atoms with van der Waals surface area (Å²) in [4.78, 5) is 2.97. The van der Waals surface area contributed by atoms with Crippen molar-refractivity contribution in [3.8, 4) is 0 Å². The molecule has 1 heterocycles. The van der Waals surface area contributed by atoms with Crippen LogP contribution in [0, 0.1) is 29.1 Å². The van der Waals surface area contributed by atoms with E-state index in [1.165, 1.54) is 16.8 Å². The Kier molecular flexibility index (Phi) is 4.95. The molecule has 26 heavy (non-hydrogen) atoms. The van der Waals surface area contributed by atoms with E-state index in [1.54, 1.807) is 24.3 Å². The van der Waals surface area contributed by atoms with Crippen LogP contribution in [0.25, 0.3) is 6.08 Å². The Balaban J connectivity index is 1.87. The summed E-state index contributed by atoms with van der Waals surface area (Å²) in [6, 6.07) is 6.90. The maximum Gasteiger partial charge on any atom is 0.250 e. The van der Waals surface area contributed by atoms with Crippen LogP contribution in [0.2, 0.25) is 0 Å². The highest BCUT2D eigenvalue weighted by Gasteiger charge is 2.26. The van der Waals surface area contributed by atoms with Gasteiger partial charge in [0.15, 0.2) is 23.3 Å². The molecule has 2 aromatic rings. The van der Waals surface area contributed by atoms with Crippen molar-refractivity contribution in [3.05, 3.63) is 64.3 Å². The minimum absolute atomic E-state index is 0.245. The summed E-state index contributed by atoms with van der Waals surface area (Å²) >= 11 is 1.36. The lowest BCUT2D eigenvalue weighted by atomic mass is 10.1. The SMILES string of the molecule is O=S(=O)(C=Cc1c(F)c(F)c(F)c(F)c1F)NN1CSc2ccccc21. The molecule has 0 unspecified atom stereocenters. The quantitative estimate of drug-likeness (QED) is 0.476. The molecular formula is C15H9F5N2O2S2. The molecule has 2 aromatic carbocycles. The zero-order valence-corrected chi connectivity index (χ0v) is 14.3. The van der Waals surface area contributed by atoms with Crippen molar-refractivity contribution in [2.75, 3.05) is 10.9 Å². The Hall–Kier alpha value is -2.11. The molecule has 0 fully saturated rings. The van der Waals surface area contributed by atoms with Crippen LogP contribution in [0.5, 0.6) is 0 Å². The van der Waals surface area contributed by atoms with Gasteiger partial charge in [-0.25, -0.2) is 30.4 Å². The Morgan fingerprint density at radius 3 is 2.19 bits per heavy atom. The molecule has 0 spiro atoms. The Morgan fingerprint density at radius 2 is 1.54 bits per heavy atom. The first-order valence-electron chi connectivity index (χ1n) is 6.92. The maximum absolute atomic E-state index is 13.6. The molecule has 0 amide bonds. The number of para-hydroxylation sites is 1. The number of nitrogens with one attached hydrogen (secondary N) is 1. The molecule has 138 valence electrons. The van der Waals surface area contributed by atoms with E-state index in [0.29, 0.717) is 17.2 Å². The third kappa shape index (κ3) is 3.41. The minimum Gasteiger partial charge on any atom is -0.283 e. The minimum atomic E-state index is -4.27. The second kappa shape index (κ2) is 6.89. The lowest BCUT2D eigenvalue weighted by Crippen LogP contribution is -2.39. The fourth-order valence-corrected chi connectivity index (χ4v) is 4.09. The number of benzene rings is 2. The Morgan fingerprint density at radius 1 is 0.962 bits per heavy atom. The van der Waals surface area contributed by atoms with Crippen LogP contribution in [0.1, 0.15) is 5.56 Å². The molecule has 4 nitrogen and oxygen atoms in total. The number of fused-ring (bicyclic) bond motifs is 1. The zero-order valence-electron chi connectivity index (χ0n) is 12.6. The van der Waals surface area contributed by atoms with E-state index < -0.39 is 44.7 Å². The molecular weight excluding hydrogens is 399 g/mol. The summed E-state index contributed by atoms with van der Waals surface area (Å²) in [6.07, 6.45) is 0.313. The van der Waals surface area contributed by atoms with Gasteiger partial charge in [-0.15, -0.1) is 16.6 Å². The Labute approximate surface area is 149 Å². The summed E-state index contributed by atoms with van der Waals surface area (Å²) in [5.41, 5.74) is -0.770. The largest absolute Gasteiger partial charge is 0.283 e. The lowest BCUT2D eigenvalue weighted by molar-refractivity contribution is 0.377. The highest BCUT2D eigenvalue weighted by Crippen LogP contribution is 2.37. The van der Waals surface area contributed by atoms with Crippen molar-refractivity contribution in [2.45, 2.75) is 4.90 Å². The third-order valence-electron chi connectivity index (χ3n) is 3.40. The molecule has 11 heteroatoms. The molecule has 0 saturated heterocycles. The van der Waals surface area contributed by atoms with E-state index in [0.717, 1.165) is 4.90 Å². The van der Waals surface area contributed by atoms with Gasteiger partial charge in [0, 0.05) is 10.3 Å². The molecule has 1 N–H and O–H groups in total. The predicted molar refractivity (Wildman–Crippen MR) is 87.0 cm³/mol. The van der Waals surface area contributed by atoms with Crippen molar-refractivity contribution in [3.63, 3.8) is 0 Å². The molecule has 1 aliphatic rings. The summed E-state index contributed by atoms with van der Waals surface area (Å²) in [7, 11) is -4.27. The zero-order chi connectivity index (χ0) is 19.1. The van der Waals surface area contributed by atoms with Crippen molar-refractivity contribution >= 4 is 33.5 Å². The van der Waals surface area contributed by atoms with Crippen LogP contribution < -0.4 is 9.84 Å². The summed E-state index contributed by atoms with van der Waals surface area (Å²) in [5.74, 6) is -10.6. The normalized spacial score (nSPS) is 14.3. The average Bonchev–Trinajstić information content (AvgIpc) is 3.00. The average molecular weight is 408 g/mol. The highest BCUT2D eigenvalue weighted by molar-refractivity contribution is 8.00. The molecule has 0 radical (unpaired) electrons. The smallest absolute Gasteiger partial charge is 0.250 e. The first kappa shape index (κ1) is 18.7. The van der Waals surface area contributed by atoms with Crippen LogP contribution in [0.4, 0.5) is 27.6 Å². The monoisotopic (exact) mass is 408 g/mol. The van der Waals surface area contributed by atoms with Gasteiger partial charge >= 0.3 is 0 Å². The van der Waals surface area contributed by atoms with Crippen LogP contribution >= 0.6 is 11.8 Å². The van der Waals surface area contributed by atoms with Crippen LogP contribution in [0.3, 0.4) is 0 Å². The van der Waals surface area contributed by atoms with Gasteiger partial charge < -0.3 is 0 Å². The lowest BCUT2D eigenvalue weighted by Gasteiger charge is -2.17. The molecule has 0 aromatic heterocycles. The molecule has 0 aliphatic carbocycles. The van der Waals surface area contributed by atoms with Gasteiger partial charge in [-0.05, 0) is 18.2 Å². The summed E-state index contributed by atoms with van der Waals surface area (Å²) in [6.45, 7) is 0. The highest BCUT2D eigenvalue weighted by atomic mass is 32.2. The topological polar surface area (TPSA) is 49.4 Å². The fraction of sp³-hybridized carbons (Fsp3) is 0.0667. The van der Waals surface area contributed by atoms with E-state index in [4.69, 9.17) is 0 Å². The van der Waals surface area contributed by atoms with Gasteiger partial charge in [0.1, 0.15) is 0 Å². The number of nitrogens with zero attached hydrogens (tertiary/aromatic N) is 1. The standard InChI is InChI=1S/C15H9F5N2O2S2/c16-11-8(12(17)14(19)15(20)13(11)18)5-6-26(23,24)21-22-7-25-10-4-2-1-3-9(10)22/h1-6,21H,7H2. The number of anilines is 1. The third-order valence-corrected chi connectivity index (χ3v) is 5.41. The van der Waals surface area contributed by atoms with Crippen LogP contribution in [-0.4, -0.2) is 14.3 Å². The van der Waals surface area contributed by atoms with Crippen LogP contribution in [0.15, 0.2) is 34.6 Å². The molecule has 0 atom stereocenters. The van der Waals surface area contributed by atoms with E-state index in [-0.39, 0.29) is 5.88 Å². The first-order valence-corrected chi connectivity index (χ1v) is 9.46. The number of rotatable bonds is 4. The number of hydrogen-bond donors (Lipinski definition) is 1. The van der Waals surface area contributed by atoms with Gasteiger partial charge in [0.05, 0.1) is 17.1 Å². The predicted octanol–water partition coefficient (Wildman–Crippen LogP) is 3.76. The number of thioether (sulfide) groups is 1. The number of hydrazine groups is 1. The summed E-state index contributed by atoms with van der Waals surface area (Å²) < 4.78 is 90.6. The second-order valence-electron chi connectivity index (χ2n) is 5.09. The van der Waals surface area contributed by atoms with Crippen molar-refractivity contribution in [2.24, 2.45) is 0 Å². The molecule has 0 bridgehead atoms. The van der Waals surface area contributed by atoms with Gasteiger partial charge in [-0.2, -0.15) is 0 Å². The van der Waals surface area contributed by atoms with E-state index >= 15 is 0 Å². The Bertz CT molecular complexity index is 982. The summed E-state index contributed by atoms with van der Waals surface area (Å²) in [5, 5.41) is 1.61. The van der Waals surface area contributed by atoms with Gasteiger partial charge in [0.2, 0.25) is 5.82 Å². The van der Waals surface area contributed by atoms with Gasteiger partial charge in [-0.1, -0.05) is 12.1 Å². The van der Waals surface area contributed by atoms with Crippen molar-refractivity contribution < 1.29 is 30.4 Å². The first-order chi connectivity index (χ1) is 12.2. The van der Waals surface area contributed by atoms with Crippen LogP contribution in [-0.2, 0) is 10.0 Å².